The first-order chi connectivity index (χ1) is 13.2. The van der Waals surface area contributed by atoms with Gasteiger partial charge in [0.1, 0.15) is 12.0 Å². The number of anilines is 1. The molecule has 1 aliphatic rings. The summed E-state index contributed by atoms with van der Waals surface area (Å²) < 4.78 is 6.44. The molecule has 0 amide bonds. The Kier molecular flexibility index (Phi) is 5.68. The second-order valence-electron chi connectivity index (χ2n) is 6.65. The van der Waals surface area contributed by atoms with Crippen LogP contribution >= 0.6 is 15.9 Å². The van der Waals surface area contributed by atoms with E-state index in [2.05, 4.69) is 54.0 Å². The van der Waals surface area contributed by atoms with Gasteiger partial charge in [0.25, 0.3) is 0 Å². The number of aromatic nitrogens is 3. The number of nitrogens with zero attached hydrogens (tertiary/aromatic N) is 4. The van der Waals surface area contributed by atoms with Gasteiger partial charge < -0.3 is 9.72 Å². The molecule has 0 spiro atoms. The van der Waals surface area contributed by atoms with Crippen LogP contribution in [0.1, 0.15) is 6.42 Å². The van der Waals surface area contributed by atoms with Crippen molar-refractivity contribution < 1.29 is 4.74 Å². The summed E-state index contributed by atoms with van der Waals surface area (Å²) >= 11 is 3.47. The van der Waals surface area contributed by atoms with Crippen LogP contribution in [0.5, 0.6) is 0 Å². The van der Waals surface area contributed by atoms with Gasteiger partial charge in [0.15, 0.2) is 5.82 Å². The number of hydrogen-bond donors (Lipinski definition) is 2. The van der Waals surface area contributed by atoms with E-state index >= 15 is 0 Å². The van der Waals surface area contributed by atoms with Gasteiger partial charge in [-0.15, -0.1) is 0 Å². The molecule has 0 bridgehead atoms. The Balaban J connectivity index is 1.48. The fourth-order valence-corrected chi connectivity index (χ4v) is 3.60. The first-order valence-corrected chi connectivity index (χ1v) is 9.92. The minimum Gasteiger partial charge on any atom is -0.379 e. The number of hydrogen-bond acceptors (Lipinski definition) is 6. The van der Waals surface area contributed by atoms with Crippen LogP contribution in [-0.2, 0) is 4.74 Å². The van der Waals surface area contributed by atoms with Crippen LogP contribution in [0.3, 0.4) is 0 Å². The Labute approximate surface area is 166 Å². The fourth-order valence-electron chi connectivity index (χ4n) is 3.34. The van der Waals surface area contributed by atoms with Crippen LogP contribution in [0, 0.1) is 0 Å². The van der Waals surface area contributed by atoms with Gasteiger partial charge in [-0.3, -0.25) is 9.91 Å². The molecule has 0 radical (unpaired) electrons. The third-order valence-corrected chi connectivity index (χ3v) is 5.34. The van der Waals surface area contributed by atoms with E-state index in [9.17, 15) is 0 Å². The molecule has 2 aromatic heterocycles. The molecule has 1 aliphatic heterocycles. The molecular weight excluding hydrogens is 408 g/mol. The predicted octanol–water partition coefficient (Wildman–Crippen LogP) is 2.79. The number of H-pyrrole nitrogens is 1. The average Bonchev–Trinajstić information content (AvgIpc) is 3.13. The van der Waals surface area contributed by atoms with Gasteiger partial charge in [-0.1, -0.05) is 28.1 Å². The Hall–Kier alpha value is -2.00. The summed E-state index contributed by atoms with van der Waals surface area (Å²) in [6.07, 6.45) is 2.54. The van der Waals surface area contributed by atoms with Crippen molar-refractivity contribution in [2.24, 2.45) is 5.84 Å². The van der Waals surface area contributed by atoms with Gasteiger partial charge >= 0.3 is 0 Å². The van der Waals surface area contributed by atoms with E-state index in [1.54, 1.807) is 11.3 Å². The number of halogens is 1. The van der Waals surface area contributed by atoms with E-state index in [1.807, 2.05) is 12.1 Å². The van der Waals surface area contributed by atoms with Crippen LogP contribution in [0.25, 0.3) is 22.3 Å². The highest BCUT2D eigenvalue weighted by Gasteiger charge is 2.14. The van der Waals surface area contributed by atoms with Crippen molar-refractivity contribution in [3.05, 3.63) is 41.1 Å². The molecule has 3 aromatic rings. The minimum absolute atomic E-state index is 0.738. The lowest BCUT2D eigenvalue weighted by atomic mass is 10.1. The van der Waals surface area contributed by atoms with E-state index in [1.165, 1.54) is 0 Å². The normalized spacial score (nSPS) is 15.3. The van der Waals surface area contributed by atoms with Crippen molar-refractivity contribution in [1.29, 1.82) is 0 Å². The van der Waals surface area contributed by atoms with Gasteiger partial charge in [0.05, 0.1) is 18.6 Å². The van der Waals surface area contributed by atoms with Crippen molar-refractivity contribution in [3.63, 3.8) is 0 Å². The van der Waals surface area contributed by atoms with E-state index in [0.717, 1.165) is 78.4 Å². The van der Waals surface area contributed by atoms with Gasteiger partial charge in [0.2, 0.25) is 0 Å². The molecule has 0 unspecified atom stereocenters. The number of fused-ring (bicyclic) bond motifs is 1. The summed E-state index contributed by atoms with van der Waals surface area (Å²) in [6, 6.07) is 10.2. The lowest BCUT2D eigenvalue weighted by Crippen LogP contribution is -2.39. The Morgan fingerprint density at radius 1 is 1.19 bits per heavy atom. The van der Waals surface area contributed by atoms with Crippen LogP contribution in [0.15, 0.2) is 41.1 Å². The molecule has 4 rings (SSSR count). The van der Waals surface area contributed by atoms with Gasteiger partial charge in [-0.25, -0.2) is 15.8 Å². The van der Waals surface area contributed by atoms with Crippen LogP contribution in [-0.4, -0.2) is 59.2 Å². The number of hydrazine groups is 1. The van der Waals surface area contributed by atoms with E-state index < -0.39 is 0 Å². The third-order valence-electron chi connectivity index (χ3n) is 4.81. The average molecular weight is 431 g/mol. The van der Waals surface area contributed by atoms with Gasteiger partial charge in [-0.2, -0.15) is 0 Å². The van der Waals surface area contributed by atoms with Crippen LogP contribution in [0.2, 0.25) is 0 Å². The molecule has 3 N–H and O–H groups in total. The first kappa shape index (κ1) is 18.4. The van der Waals surface area contributed by atoms with E-state index in [4.69, 9.17) is 10.6 Å². The van der Waals surface area contributed by atoms with Crippen LogP contribution in [0.4, 0.5) is 5.82 Å². The van der Waals surface area contributed by atoms with Crippen LogP contribution < -0.4 is 10.9 Å². The predicted molar refractivity (Wildman–Crippen MR) is 110 cm³/mol. The van der Waals surface area contributed by atoms with Crippen molar-refractivity contribution in [3.8, 4) is 11.3 Å². The number of nitrogens with two attached hydrogens (primary N) is 1. The fraction of sp³-hybridized carbons (Fsp3) is 0.368. The second kappa shape index (κ2) is 8.35. The van der Waals surface area contributed by atoms with E-state index in [0.29, 0.717) is 0 Å². The maximum Gasteiger partial charge on any atom is 0.155 e. The zero-order valence-electron chi connectivity index (χ0n) is 15.1. The van der Waals surface area contributed by atoms with E-state index in [-0.39, 0.29) is 0 Å². The smallest absolute Gasteiger partial charge is 0.155 e. The Bertz CT molecular complexity index is 891. The quantitative estimate of drug-likeness (QED) is 0.462. The molecule has 0 aliphatic carbocycles. The zero-order chi connectivity index (χ0) is 18.6. The van der Waals surface area contributed by atoms with Crippen molar-refractivity contribution in [1.82, 2.24) is 19.9 Å². The molecular formula is C19H23BrN6O. The number of morpholine rings is 1. The Morgan fingerprint density at radius 2 is 1.96 bits per heavy atom. The number of nitrogens with one attached hydrogen (secondary N) is 1. The lowest BCUT2D eigenvalue weighted by Gasteiger charge is -2.27. The summed E-state index contributed by atoms with van der Waals surface area (Å²) in [7, 11) is 0. The summed E-state index contributed by atoms with van der Waals surface area (Å²) in [5, 5.41) is 2.66. The minimum atomic E-state index is 0.738. The zero-order valence-corrected chi connectivity index (χ0v) is 16.7. The second-order valence-corrected chi connectivity index (χ2v) is 7.57. The molecule has 1 saturated heterocycles. The largest absolute Gasteiger partial charge is 0.379 e. The summed E-state index contributed by atoms with van der Waals surface area (Å²) in [5.74, 6) is 7.08. The summed E-state index contributed by atoms with van der Waals surface area (Å²) in [6.45, 7) is 5.39. The monoisotopic (exact) mass is 430 g/mol. The molecule has 27 heavy (non-hydrogen) atoms. The molecule has 1 fully saturated rings. The summed E-state index contributed by atoms with van der Waals surface area (Å²) in [5.41, 5.74) is 2.89. The van der Waals surface area contributed by atoms with Gasteiger partial charge in [-0.05, 0) is 30.2 Å². The van der Waals surface area contributed by atoms with Crippen molar-refractivity contribution >= 4 is 32.8 Å². The molecule has 0 atom stereocenters. The molecule has 3 heterocycles. The van der Waals surface area contributed by atoms with Gasteiger partial charge in [0, 0.05) is 36.3 Å². The standard InChI is InChI=1S/C19H23BrN6O/c20-15-4-2-14(3-5-15)17-12-16-18(24-17)22-13-23-19(16)26(21)7-1-6-25-8-10-27-11-9-25/h2-5,12-13H,1,6-11,21H2,(H,22,23,24). The van der Waals surface area contributed by atoms with Crippen molar-refractivity contribution in [2.75, 3.05) is 44.4 Å². The number of rotatable bonds is 6. The molecule has 0 saturated carbocycles. The molecule has 1 aromatic carbocycles. The number of benzene rings is 1. The topological polar surface area (TPSA) is 83.3 Å². The first-order valence-electron chi connectivity index (χ1n) is 9.13. The molecule has 142 valence electrons. The molecule has 8 heteroatoms. The number of aromatic amines is 1. The highest BCUT2D eigenvalue weighted by atomic mass is 79.9. The number of ether oxygens (including phenoxy) is 1. The highest BCUT2D eigenvalue weighted by Crippen LogP contribution is 2.28. The maximum atomic E-state index is 6.32. The summed E-state index contributed by atoms with van der Waals surface area (Å²) in [4.78, 5) is 14.6. The SMILES string of the molecule is NN(CCCN1CCOCC1)c1ncnc2[nH]c(-c3ccc(Br)cc3)cc12. The molecule has 7 nitrogen and oxygen atoms in total. The maximum absolute atomic E-state index is 6.32. The van der Waals surface area contributed by atoms with Crippen molar-refractivity contribution in [2.45, 2.75) is 6.42 Å². The third kappa shape index (κ3) is 4.30. The Morgan fingerprint density at radius 3 is 2.74 bits per heavy atom. The highest BCUT2D eigenvalue weighted by molar-refractivity contribution is 9.10. The lowest BCUT2D eigenvalue weighted by molar-refractivity contribution is 0.0376.